The van der Waals surface area contributed by atoms with Gasteiger partial charge in [-0.3, -0.25) is 4.79 Å². The number of rotatable bonds is 9. The first-order chi connectivity index (χ1) is 30.8. The molecule has 0 aromatic rings. The second kappa shape index (κ2) is 17.8. The average Bonchev–Trinajstić information content (AvgIpc) is 3.27. The van der Waals surface area contributed by atoms with Crippen molar-refractivity contribution in [1.29, 1.82) is 0 Å². The van der Waals surface area contributed by atoms with Gasteiger partial charge < -0.3 is 89.4 Å². The number of hydrogen-bond acceptors (Lipinski definition) is 19. The third-order valence-corrected chi connectivity index (χ3v) is 19.0. The fourth-order valence-electron chi connectivity index (χ4n) is 14.5. The van der Waals surface area contributed by atoms with Gasteiger partial charge in [0.05, 0.1) is 41.9 Å². The Bertz CT molecular complexity index is 1830. The smallest absolute Gasteiger partial charge is 0.315 e. The van der Waals surface area contributed by atoms with Crippen LogP contribution in [0.3, 0.4) is 0 Å². The number of aliphatic hydroxyl groups excluding tert-OH is 10. The minimum absolute atomic E-state index is 0.00694. The molecular formula is C47H74O19. The molecule has 4 saturated carbocycles. The summed E-state index contributed by atoms with van der Waals surface area (Å²) in [6.45, 7) is 10.6. The number of hydrogen-bond donors (Lipinski definition) is 11. The minimum Gasteiger partial charge on any atom is -0.432 e. The normalized spacial score (nSPS) is 56.1. The van der Waals surface area contributed by atoms with E-state index in [-0.39, 0.29) is 40.9 Å². The van der Waals surface area contributed by atoms with Crippen LogP contribution < -0.4 is 0 Å². The molecule has 11 N–H and O–H groups in total. The van der Waals surface area contributed by atoms with Gasteiger partial charge in [-0.25, -0.2) is 0 Å². The highest BCUT2D eigenvalue weighted by Gasteiger charge is 2.70. The molecule has 0 bridgehead atoms. The fraction of sp³-hybridized carbons (Fsp3) is 0.915. The predicted octanol–water partition coefficient (Wildman–Crippen LogP) is -0.928. The molecule has 8 aliphatic rings. The van der Waals surface area contributed by atoms with Crippen LogP contribution in [0.4, 0.5) is 0 Å². The lowest BCUT2D eigenvalue weighted by atomic mass is 9.33. The molecule has 8 rings (SSSR count). The topological polar surface area (TPSA) is 312 Å². The van der Waals surface area contributed by atoms with E-state index in [9.17, 15) is 65.8 Å². The standard InChI is InChI=1S/C47H74O19/c1-21-29(51)31(53)34(56)39(62-21)65-37-24(18-48)63-38(36(58)33(37)55)61-19-25-30(52)32(54)35(57)40(64-25)66-41(59)47-15-13-42(2,60)17-23(47)22-7-8-27-43(3)11-10-28(50)44(4,20-49)26(43)9-12-46(27,6)45(22,5)14-16-47/h7,20-21,23-40,48,50-58,60H,8-19H2,1-6H3/t21-,23-,24-,25-,26-,27-,28+,29-,30-,31+,32+,33-,34-,35-,36-,37-,38-,39+,40+,42-,43+,44+,45-,46+,47+/m0/s1. The van der Waals surface area contributed by atoms with Crippen LogP contribution in [0.25, 0.3) is 0 Å². The van der Waals surface area contributed by atoms with Crippen LogP contribution in [-0.4, -0.2) is 185 Å². The Morgan fingerprint density at radius 1 is 0.727 bits per heavy atom. The summed E-state index contributed by atoms with van der Waals surface area (Å²) in [7, 11) is 0. The number of carbonyl (C=O) groups excluding carboxylic acids is 2. The molecule has 66 heavy (non-hydrogen) atoms. The molecule has 19 heteroatoms. The second-order valence-corrected chi connectivity index (χ2v) is 22.5. The number of carbonyl (C=O) groups is 2. The number of ether oxygens (including phenoxy) is 6. The van der Waals surface area contributed by atoms with Gasteiger partial charge in [-0.05, 0) is 112 Å². The maximum absolute atomic E-state index is 14.9. The fourth-order valence-corrected chi connectivity index (χ4v) is 14.5. The first-order valence-electron chi connectivity index (χ1n) is 23.9. The molecule has 0 unspecified atom stereocenters. The predicted molar refractivity (Wildman–Crippen MR) is 226 cm³/mol. The van der Waals surface area contributed by atoms with Gasteiger partial charge in [0.1, 0.15) is 73.4 Å². The number of fused-ring (bicyclic) bond motifs is 7. The van der Waals surface area contributed by atoms with E-state index in [2.05, 4.69) is 26.8 Å². The zero-order valence-electron chi connectivity index (χ0n) is 38.8. The molecule has 0 aromatic carbocycles. The van der Waals surface area contributed by atoms with E-state index >= 15 is 0 Å². The molecular weight excluding hydrogens is 868 g/mol. The molecule has 25 atom stereocenters. The molecule has 0 aromatic heterocycles. The van der Waals surface area contributed by atoms with Gasteiger partial charge in [0.2, 0.25) is 6.29 Å². The largest absolute Gasteiger partial charge is 0.432 e. The first-order valence-corrected chi connectivity index (χ1v) is 23.9. The van der Waals surface area contributed by atoms with Crippen molar-refractivity contribution in [2.75, 3.05) is 13.2 Å². The van der Waals surface area contributed by atoms with E-state index in [1.807, 2.05) is 6.92 Å². The number of aldehydes is 1. The van der Waals surface area contributed by atoms with Crippen LogP contribution in [0.1, 0.15) is 106 Å². The van der Waals surface area contributed by atoms with Gasteiger partial charge >= 0.3 is 5.97 Å². The van der Waals surface area contributed by atoms with Crippen LogP contribution >= 0.6 is 0 Å². The lowest BCUT2D eigenvalue weighted by Crippen LogP contribution is -2.66. The summed E-state index contributed by atoms with van der Waals surface area (Å²) in [5, 5.41) is 119. The van der Waals surface area contributed by atoms with Crippen molar-refractivity contribution in [2.24, 2.45) is 44.8 Å². The lowest BCUT2D eigenvalue weighted by Gasteiger charge is -2.70. The molecule has 19 nitrogen and oxygen atoms in total. The molecule has 0 radical (unpaired) electrons. The Kier molecular flexibility index (Phi) is 13.7. The molecule has 3 heterocycles. The molecule has 7 fully saturated rings. The molecule has 0 amide bonds. The summed E-state index contributed by atoms with van der Waals surface area (Å²) < 4.78 is 34.5. The maximum atomic E-state index is 14.9. The van der Waals surface area contributed by atoms with Gasteiger partial charge in [-0.2, -0.15) is 0 Å². The lowest BCUT2D eigenvalue weighted by molar-refractivity contribution is -0.361. The second-order valence-electron chi connectivity index (χ2n) is 22.5. The molecule has 3 aliphatic heterocycles. The van der Waals surface area contributed by atoms with Gasteiger partial charge in [-0.1, -0.05) is 39.3 Å². The highest BCUT2D eigenvalue weighted by Crippen LogP contribution is 2.75. The highest BCUT2D eigenvalue weighted by molar-refractivity contribution is 5.79. The van der Waals surface area contributed by atoms with Crippen molar-refractivity contribution in [3.05, 3.63) is 11.6 Å². The Morgan fingerprint density at radius 3 is 2.05 bits per heavy atom. The number of aliphatic hydroxyl groups is 11. The molecule has 5 aliphatic carbocycles. The van der Waals surface area contributed by atoms with Crippen LogP contribution in [0.5, 0.6) is 0 Å². The van der Waals surface area contributed by atoms with Gasteiger partial charge in [0.15, 0.2) is 12.6 Å². The summed E-state index contributed by atoms with van der Waals surface area (Å²) in [4.78, 5) is 27.5. The summed E-state index contributed by atoms with van der Waals surface area (Å²) in [6, 6.07) is 0. The van der Waals surface area contributed by atoms with Crippen LogP contribution in [0, 0.1) is 44.8 Å². The van der Waals surface area contributed by atoms with Gasteiger partial charge in [0, 0.05) is 0 Å². The third kappa shape index (κ3) is 7.78. The number of esters is 1. The number of allylic oxidation sites excluding steroid dienone is 2. The summed E-state index contributed by atoms with van der Waals surface area (Å²) in [5.74, 6) is -0.930. The van der Waals surface area contributed by atoms with E-state index < -0.39 is 140 Å². The minimum atomic E-state index is -1.89. The zero-order chi connectivity index (χ0) is 48.3. The Hall–Kier alpha value is -1.76. The van der Waals surface area contributed by atoms with Crippen molar-refractivity contribution < 1.29 is 94.2 Å². The summed E-state index contributed by atoms with van der Waals surface area (Å²) in [5.41, 5.74) is -2.84. The monoisotopic (exact) mass is 942 g/mol. The van der Waals surface area contributed by atoms with E-state index in [0.29, 0.717) is 32.1 Å². The quantitative estimate of drug-likeness (QED) is 0.0756. The van der Waals surface area contributed by atoms with Crippen molar-refractivity contribution in [2.45, 2.75) is 210 Å². The van der Waals surface area contributed by atoms with E-state index in [0.717, 1.165) is 31.1 Å². The van der Waals surface area contributed by atoms with Crippen molar-refractivity contribution in [3.8, 4) is 0 Å². The third-order valence-electron chi connectivity index (χ3n) is 19.0. The molecule has 376 valence electrons. The van der Waals surface area contributed by atoms with Crippen molar-refractivity contribution >= 4 is 12.3 Å². The summed E-state index contributed by atoms with van der Waals surface area (Å²) >= 11 is 0. The van der Waals surface area contributed by atoms with E-state index in [1.165, 1.54) is 6.92 Å². The van der Waals surface area contributed by atoms with E-state index in [1.54, 1.807) is 6.92 Å². The summed E-state index contributed by atoms with van der Waals surface area (Å²) in [6.07, 6.45) is -16.6. The highest BCUT2D eigenvalue weighted by atomic mass is 16.8. The van der Waals surface area contributed by atoms with Crippen LogP contribution in [0.15, 0.2) is 11.6 Å². The SMILES string of the molecule is C[C@@H]1O[C@H](O[C@@H]2[C@@H](O)[C@H](O)[C@@H](OC[C@@H]3O[C@H](OC(=O)[C@@]45CC[C@](C)(O)C[C@H]4C4=CC[C@H]6[C@]7(C)CC[C@@H](O)[C@](C)(C=O)[C@H]7CC[C@@]6(C)[C@@]4(C)CC5)[C@@H](O)[C@H](O)[C@H]3O)O[C@H]2CO)[C@@H](O)[C@H](O)[C@H]1O. The van der Waals surface area contributed by atoms with Crippen LogP contribution in [0.2, 0.25) is 0 Å². The van der Waals surface area contributed by atoms with Gasteiger partial charge in [0.25, 0.3) is 0 Å². The Morgan fingerprint density at radius 2 is 1.36 bits per heavy atom. The first kappa shape index (κ1) is 50.6. The Balaban J connectivity index is 0.977. The Labute approximate surface area is 385 Å². The van der Waals surface area contributed by atoms with Crippen LogP contribution in [-0.2, 0) is 38.0 Å². The molecule has 0 spiro atoms. The molecule has 3 saturated heterocycles. The average molecular weight is 943 g/mol. The zero-order valence-corrected chi connectivity index (χ0v) is 38.8. The van der Waals surface area contributed by atoms with E-state index in [4.69, 9.17) is 28.4 Å². The van der Waals surface area contributed by atoms with Gasteiger partial charge in [-0.15, -0.1) is 0 Å². The maximum Gasteiger partial charge on any atom is 0.315 e. The van der Waals surface area contributed by atoms with Crippen molar-refractivity contribution in [1.82, 2.24) is 0 Å². The van der Waals surface area contributed by atoms with Crippen molar-refractivity contribution in [3.63, 3.8) is 0 Å².